The Morgan fingerprint density at radius 2 is 1.88 bits per heavy atom. The molecule has 0 amide bonds. The number of para-hydroxylation sites is 1. The average Bonchev–Trinajstić information content (AvgIpc) is 3.08. The van der Waals surface area contributed by atoms with Crippen LogP contribution in [0.15, 0.2) is 58.3 Å². The molecule has 4 rings (SSSR count). The van der Waals surface area contributed by atoms with Crippen LogP contribution in [-0.2, 0) is 0 Å². The van der Waals surface area contributed by atoms with E-state index in [4.69, 9.17) is 0 Å². The Morgan fingerprint density at radius 3 is 2.54 bits per heavy atom. The third-order valence-electron chi connectivity index (χ3n) is 4.01. The van der Waals surface area contributed by atoms with Crippen LogP contribution in [0, 0.1) is 18.3 Å². The number of aromatic nitrogens is 5. The largest absolute Gasteiger partial charge is 0.290 e. The Balaban J connectivity index is 2.09. The molecule has 0 aliphatic rings. The number of hydrogen-bond donors (Lipinski definition) is 1. The number of benzene rings is 1. The lowest BCUT2D eigenvalue weighted by molar-refractivity contribution is 0.817. The number of H-pyrrole nitrogens is 1. The van der Waals surface area contributed by atoms with Crippen molar-refractivity contribution in [3.8, 4) is 17.6 Å². The van der Waals surface area contributed by atoms with E-state index >= 15 is 0 Å². The van der Waals surface area contributed by atoms with Crippen LogP contribution in [0.1, 0.15) is 11.3 Å². The Kier molecular flexibility index (Phi) is 3.48. The van der Waals surface area contributed by atoms with Crippen molar-refractivity contribution in [3.63, 3.8) is 0 Å². The van der Waals surface area contributed by atoms with Crippen molar-refractivity contribution in [2.45, 2.75) is 6.92 Å². The number of hydrogen-bond acceptors (Lipinski definition) is 5. The molecule has 0 spiro atoms. The molecule has 0 unspecified atom stereocenters. The summed E-state index contributed by atoms with van der Waals surface area (Å²) >= 11 is 0. The number of nitriles is 1. The van der Waals surface area contributed by atoms with Gasteiger partial charge in [0.1, 0.15) is 17.5 Å². The number of nitrogens with one attached hydrogen (secondary N) is 1. The molecule has 0 aliphatic carbocycles. The summed E-state index contributed by atoms with van der Waals surface area (Å²) < 4.78 is 2.42. The first-order chi connectivity index (χ1) is 12.6. The Morgan fingerprint density at radius 1 is 1.12 bits per heavy atom. The number of rotatable bonds is 2. The second-order valence-corrected chi connectivity index (χ2v) is 5.69. The van der Waals surface area contributed by atoms with Gasteiger partial charge in [-0.3, -0.25) is 19.3 Å². The van der Waals surface area contributed by atoms with Crippen LogP contribution in [0.4, 0.5) is 0 Å². The van der Waals surface area contributed by atoms with Gasteiger partial charge in [-0.1, -0.05) is 18.2 Å². The van der Waals surface area contributed by atoms with E-state index in [-0.39, 0.29) is 16.5 Å². The molecule has 0 fully saturated rings. The third-order valence-corrected chi connectivity index (χ3v) is 4.01. The minimum Gasteiger partial charge on any atom is -0.267 e. The van der Waals surface area contributed by atoms with Crippen molar-refractivity contribution < 1.29 is 0 Å². The number of aryl methyl sites for hydroxylation is 1. The van der Waals surface area contributed by atoms with Crippen LogP contribution in [-0.4, -0.2) is 24.5 Å². The fraction of sp³-hybridized carbons (Fsp3) is 0.0556. The van der Waals surface area contributed by atoms with E-state index < -0.39 is 11.1 Å². The van der Waals surface area contributed by atoms with Gasteiger partial charge in [-0.05, 0) is 25.1 Å². The smallest absolute Gasteiger partial charge is 0.267 e. The minimum absolute atomic E-state index is 0.0276. The molecule has 8 heteroatoms. The normalized spacial score (nSPS) is 10.8. The summed E-state index contributed by atoms with van der Waals surface area (Å²) in [6.07, 6.45) is 1.49. The maximum atomic E-state index is 12.9. The summed E-state index contributed by atoms with van der Waals surface area (Å²) in [4.78, 5) is 25.6. The van der Waals surface area contributed by atoms with Crippen molar-refractivity contribution in [1.29, 1.82) is 5.26 Å². The number of fused-ring (bicyclic) bond motifs is 1. The maximum Gasteiger partial charge on any atom is 0.290 e. The molecule has 0 bridgehead atoms. The van der Waals surface area contributed by atoms with Crippen molar-refractivity contribution >= 4 is 10.9 Å². The molecule has 1 N–H and O–H groups in total. The second-order valence-electron chi connectivity index (χ2n) is 5.69. The molecule has 0 radical (unpaired) electrons. The summed E-state index contributed by atoms with van der Waals surface area (Å²) in [6, 6.07) is 13.8. The Labute approximate surface area is 146 Å². The van der Waals surface area contributed by atoms with Crippen LogP contribution < -0.4 is 11.1 Å². The van der Waals surface area contributed by atoms with E-state index in [0.29, 0.717) is 11.5 Å². The highest BCUT2D eigenvalue weighted by Gasteiger charge is 2.16. The zero-order valence-corrected chi connectivity index (χ0v) is 13.7. The van der Waals surface area contributed by atoms with Gasteiger partial charge in [0, 0.05) is 17.6 Å². The summed E-state index contributed by atoms with van der Waals surface area (Å²) in [6.45, 7) is 1.80. The maximum absolute atomic E-state index is 12.9. The van der Waals surface area contributed by atoms with Gasteiger partial charge in [0.15, 0.2) is 5.52 Å². The Bertz CT molecular complexity index is 1290. The summed E-state index contributed by atoms with van der Waals surface area (Å²) in [5.74, 6) is 0.479. The van der Waals surface area contributed by atoms with E-state index in [1.807, 2.05) is 6.07 Å². The van der Waals surface area contributed by atoms with Gasteiger partial charge in [0.25, 0.3) is 11.1 Å². The number of pyridine rings is 1. The minimum atomic E-state index is -0.569. The van der Waals surface area contributed by atoms with Crippen molar-refractivity contribution in [1.82, 2.24) is 24.5 Å². The fourth-order valence-electron chi connectivity index (χ4n) is 2.76. The predicted molar refractivity (Wildman–Crippen MR) is 94.5 cm³/mol. The highest BCUT2D eigenvalue weighted by atomic mass is 16.1. The van der Waals surface area contributed by atoms with E-state index in [1.54, 1.807) is 43.3 Å². The third kappa shape index (κ3) is 2.31. The molecular weight excluding hydrogens is 332 g/mol. The lowest BCUT2D eigenvalue weighted by atomic mass is 10.1. The molecule has 4 aromatic rings. The molecule has 0 saturated heterocycles. The van der Waals surface area contributed by atoms with Gasteiger partial charge in [-0.25, -0.2) is 0 Å². The van der Waals surface area contributed by atoms with Crippen LogP contribution in [0.2, 0.25) is 0 Å². The molecule has 0 saturated carbocycles. The van der Waals surface area contributed by atoms with Crippen LogP contribution >= 0.6 is 0 Å². The van der Waals surface area contributed by atoms with Crippen LogP contribution in [0.3, 0.4) is 0 Å². The lowest BCUT2D eigenvalue weighted by Crippen LogP contribution is -2.28. The van der Waals surface area contributed by atoms with Gasteiger partial charge in [-0.2, -0.15) is 20.1 Å². The first-order valence-corrected chi connectivity index (χ1v) is 7.77. The molecule has 3 aromatic heterocycles. The fourth-order valence-corrected chi connectivity index (χ4v) is 2.76. The molecule has 0 aliphatic heterocycles. The van der Waals surface area contributed by atoms with Gasteiger partial charge < -0.3 is 0 Å². The van der Waals surface area contributed by atoms with Crippen molar-refractivity contribution in [2.24, 2.45) is 0 Å². The molecule has 0 atom stereocenters. The highest BCUT2D eigenvalue weighted by Crippen LogP contribution is 2.13. The highest BCUT2D eigenvalue weighted by molar-refractivity contribution is 5.83. The van der Waals surface area contributed by atoms with E-state index in [1.165, 1.54) is 16.8 Å². The van der Waals surface area contributed by atoms with Gasteiger partial charge in [0.2, 0.25) is 0 Å². The number of nitrogens with zero attached hydrogens (tertiary/aromatic N) is 5. The van der Waals surface area contributed by atoms with Gasteiger partial charge in [0.05, 0.1) is 11.4 Å². The second kappa shape index (κ2) is 5.82. The molecule has 26 heavy (non-hydrogen) atoms. The quantitative estimate of drug-likeness (QED) is 0.592. The van der Waals surface area contributed by atoms with E-state index in [9.17, 15) is 14.9 Å². The SMILES string of the molecule is Cc1cc(-n2ccc3c(C#N)c(=O)n(-c4ccccc4)nc3c2=O)[nH]n1. The molecule has 1 aromatic carbocycles. The van der Waals surface area contributed by atoms with E-state index in [0.717, 1.165) is 10.4 Å². The monoisotopic (exact) mass is 344 g/mol. The zero-order valence-electron chi connectivity index (χ0n) is 13.7. The zero-order chi connectivity index (χ0) is 18.3. The van der Waals surface area contributed by atoms with Gasteiger partial charge in [-0.15, -0.1) is 0 Å². The van der Waals surface area contributed by atoms with Crippen LogP contribution in [0.25, 0.3) is 22.4 Å². The molecule has 126 valence electrons. The summed E-state index contributed by atoms with van der Waals surface area (Å²) in [5, 5.41) is 20.7. The number of aromatic amines is 1. The molecule has 3 heterocycles. The first kappa shape index (κ1) is 15.5. The van der Waals surface area contributed by atoms with Crippen molar-refractivity contribution in [2.75, 3.05) is 0 Å². The Hall–Kier alpha value is -3.99. The molecular formula is C18H12N6O2. The first-order valence-electron chi connectivity index (χ1n) is 7.77. The summed E-state index contributed by atoms with van der Waals surface area (Å²) in [7, 11) is 0. The summed E-state index contributed by atoms with van der Waals surface area (Å²) in [5.41, 5.74) is 0.0896. The standard InChI is InChI=1S/C18H12N6O2/c1-11-9-15(21-20-11)23-8-7-13-14(10-19)17(25)24(22-16(13)18(23)26)12-5-3-2-4-6-12/h2-9H,1H3,(H,20,21). The van der Waals surface area contributed by atoms with Crippen molar-refractivity contribution in [3.05, 3.63) is 80.6 Å². The topological polar surface area (TPSA) is 109 Å². The van der Waals surface area contributed by atoms with Gasteiger partial charge >= 0.3 is 0 Å². The van der Waals surface area contributed by atoms with Crippen LogP contribution in [0.5, 0.6) is 0 Å². The molecule has 8 nitrogen and oxygen atoms in total. The van der Waals surface area contributed by atoms with E-state index in [2.05, 4.69) is 15.3 Å². The predicted octanol–water partition coefficient (Wildman–Crippen LogP) is 1.44. The average molecular weight is 344 g/mol. The lowest BCUT2D eigenvalue weighted by Gasteiger charge is -2.09.